The van der Waals surface area contributed by atoms with Crippen LogP contribution in [0.25, 0.3) is 0 Å². The van der Waals surface area contributed by atoms with E-state index in [1.807, 2.05) is 76.6 Å². The summed E-state index contributed by atoms with van der Waals surface area (Å²) in [7, 11) is -3.28. The van der Waals surface area contributed by atoms with Gasteiger partial charge in [0.25, 0.3) is 11.8 Å². The molecule has 15 atom stereocenters. The fourth-order valence-electron chi connectivity index (χ4n) is 23.7. The zero-order valence-electron chi connectivity index (χ0n) is 76.0. The predicted octanol–water partition coefficient (Wildman–Crippen LogP) is 14.5. The number of ether oxygens (including phenoxy) is 4. The average molecular weight is 1820 g/mol. The van der Waals surface area contributed by atoms with Crippen LogP contribution in [-0.4, -0.2) is 251 Å². The van der Waals surface area contributed by atoms with Gasteiger partial charge in [-0.3, -0.25) is 43.5 Å². The Morgan fingerprint density at radius 2 is 0.953 bits per heavy atom. The Hall–Kier alpha value is -7.81. The third-order valence-electron chi connectivity index (χ3n) is 32.0. The normalized spacial score (nSPS) is 32.1. The van der Waals surface area contributed by atoms with Crippen LogP contribution in [0.15, 0.2) is 158 Å². The fraction of sp³-hybridized carbons (Fsp3) is 0.563. The second-order valence-electron chi connectivity index (χ2n) is 39.8. The number of carbonyl (C=O) groups is 4. The molecule has 4 aliphatic carbocycles. The molecule has 8 heterocycles. The average Bonchev–Trinajstić information content (AvgIpc) is 1.55. The van der Waals surface area contributed by atoms with Crippen LogP contribution in [0, 0.1) is 35.5 Å². The number of halogens is 2. The lowest BCUT2D eigenvalue weighted by molar-refractivity contribution is -0.137. The van der Waals surface area contributed by atoms with E-state index in [4.69, 9.17) is 42.1 Å². The van der Waals surface area contributed by atoms with Crippen molar-refractivity contribution in [3.8, 4) is 11.5 Å². The van der Waals surface area contributed by atoms with Gasteiger partial charge in [0, 0.05) is 194 Å². The van der Waals surface area contributed by atoms with Gasteiger partial charge in [0.1, 0.15) is 22.7 Å². The van der Waals surface area contributed by atoms with Crippen molar-refractivity contribution in [1.29, 1.82) is 0 Å². The van der Waals surface area contributed by atoms with Crippen LogP contribution in [0.2, 0.25) is 10.0 Å². The number of benzene rings is 6. The van der Waals surface area contributed by atoms with E-state index in [9.17, 15) is 31.8 Å². The molecule has 0 radical (unpaired) electrons. The second-order valence-corrected chi connectivity index (χ2v) is 45.1. The maximum atomic E-state index is 14.2. The first-order valence-electron chi connectivity index (χ1n) is 47.6. The molecule has 25 heteroatoms. The molecule has 1 unspecified atom stereocenters. The number of rotatable bonds is 14. The summed E-state index contributed by atoms with van der Waals surface area (Å²) in [5.41, 5.74) is 8.37. The third kappa shape index (κ3) is 19.8. The maximum Gasteiger partial charge on any atom is 0.264 e. The molecule has 8 aliphatic heterocycles. The summed E-state index contributed by atoms with van der Waals surface area (Å²) in [6.07, 6.45) is 25.0. The molecule has 2 spiro atoms. The van der Waals surface area contributed by atoms with Gasteiger partial charge in [-0.05, 0) is 252 Å². The van der Waals surface area contributed by atoms with Crippen molar-refractivity contribution in [2.45, 2.75) is 188 Å². The largest absolute Gasteiger partial charge is 0.490 e. The van der Waals surface area contributed by atoms with E-state index in [0.29, 0.717) is 74.8 Å². The highest BCUT2D eigenvalue weighted by Crippen LogP contribution is 2.53. The van der Waals surface area contributed by atoms with Gasteiger partial charge < -0.3 is 38.5 Å². The zero-order chi connectivity index (χ0) is 89.3. The van der Waals surface area contributed by atoms with Crippen LogP contribution in [0.5, 0.6) is 11.5 Å². The highest BCUT2D eigenvalue weighted by Gasteiger charge is 2.54. The molecule has 6 aromatic rings. The van der Waals surface area contributed by atoms with E-state index in [1.54, 1.807) is 19.1 Å². The quantitative estimate of drug-likeness (QED) is 0.0768. The number of amides is 4. The number of nitrogens with one attached hydrogen (secondary N) is 2. The van der Waals surface area contributed by atoms with E-state index in [-0.39, 0.29) is 75.5 Å². The molecule has 2 saturated carbocycles. The summed E-state index contributed by atoms with van der Waals surface area (Å²) in [6.45, 7) is 23.4. The molecule has 21 nitrogen and oxygen atoms in total. The Morgan fingerprint density at radius 1 is 0.516 bits per heavy atom. The second kappa shape index (κ2) is 39.2. The number of allylic oxidation sites excluding steroid dienone is 2. The zero-order valence-corrected chi connectivity index (χ0v) is 79.1. The molecular formula is C103H134Cl2N10O11S2. The van der Waals surface area contributed by atoms with Crippen LogP contribution in [0.3, 0.4) is 0 Å². The molecule has 128 heavy (non-hydrogen) atoms. The van der Waals surface area contributed by atoms with E-state index in [2.05, 4.69) is 159 Å². The minimum absolute atomic E-state index is 0.0106. The van der Waals surface area contributed by atoms with Gasteiger partial charge in [0.05, 0.1) is 39.5 Å². The number of nitrogens with zero attached hydrogens (tertiary/aromatic N) is 8. The third-order valence-corrected chi connectivity index (χ3v) is 36.5. The Labute approximate surface area is 770 Å². The summed E-state index contributed by atoms with van der Waals surface area (Å²) in [5, 5.41) is 0.309. The summed E-state index contributed by atoms with van der Waals surface area (Å²) < 4.78 is 74.3. The number of methoxy groups -OCH3 is 2. The topological polar surface area (TPSA) is 206 Å². The lowest BCUT2D eigenvalue weighted by Crippen LogP contribution is -2.65. The van der Waals surface area contributed by atoms with Gasteiger partial charge in [0.15, 0.2) is 0 Å². The van der Waals surface area contributed by atoms with Crippen LogP contribution >= 0.6 is 23.2 Å². The molecular weight excluding hydrogens is 1690 g/mol. The lowest BCUT2D eigenvalue weighted by Gasteiger charge is -2.53. The number of carbonyl (C=O) groups excluding carboxylic acids is 4. The van der Waals surface area contributed by atoms with E-state index < -0.39 is 42.1 Å². The Bertz CT molecular complexity index is 4980. The van der Waals surface area contributed by atoms with Crippen molar-refractivity contribution in [3.63, 3.8) is 0 Å². The number of hydrogen-bond acceptors (Lipinski definition) is 17. The molecule has 18 rings (SSSR count). The van der Waals surface area contributed by atoms with Crippen molar-refractivity contribution in [1.82, 2.24) is 38.8 Å². The first kappa shape index (κ1) is 92.1. The highest BCUT2D eigenvalue weighted by atomic mass is 35.5. The van der Waals surface area contributed by atoms with Gasteiger partial charge in [-0.1, -0.05) is 134 Å². The minimum atomic E-state index is -4.00. The van der Waals surface area contributed by atoms with Crippen LogP contribution in [-0.2, 0) is 75.3 Å². The molecule has 4 bridgehead atoms. The first-order valence-corrected chi connectivity index (χ1v) is 51.7. The van der Waals surface area contributed by atoms with Crippen molar-refractivity contribution in [3.05, 3.63) is 212 Å². The number of fused-ring (bicyclic) bond motifs is 10. The molecule has 6 fully saturated rings. The smallest absolute Gasteiger partial charge is 0.264 e. The summed E-state index contributed by atoms with van der Waals surface area (Å²) in [5.74, 6) is 5.84. The SMILES string of the molecule is C=S1(=O)NC(=O)c2ccc3c(c2)N(C[C@@H]2CC[C@H]2[C@@](CN2CCN4CCN(C(=O)CCCc5ccccc5)C[C@@H]4C2)(OC)/C=C/C[C@H](C)[C@H]1C)C[C@@]1(CCCc2cc(Cl)ccc21)CO3.CO[C@@]1(CN2CCN3CCN(C(=O)CCCc4ccccc4)C[C@H]3C2)/C=C/C[C@H](C)[C@@H](C)S(=O)(=O)NC(=O)c2ccc3c(c2)N(C[C@@H]2CC[C@H]21)C[C@@]1(CCCc2cc(Cl)ccc21)CO3. The number of hydrogen-bond donors (Lipinski definition) is 2. The summed E-state index contributed by atoms with van der Waals surface area (Å²) in [6, 6.07) is 45.0. The van der Waals surface area contributed by atoms with Gasteiger partial charge >= 0.3 is 0 Å². The van der Waals surface area contributed by atoms with Crippen molar-refractivity contribution >= 4 is 83.8 Å². The molecule has 4 saturated heterocycles. The molecule has 12 aliphatic rings. The van der Waals surface area contributed by atoms with Crippen molar-refractivity contribution < 1.29 is 50.8 Å². The standard InChI is InChI=1S/C52H68ClN5O5S.C51H66ClN5O6S/c1-37-11-9-24-52(62-3,35-55-25-26-56-27-28-57(33-44(56)32-55)49(59)16-8-14-39-12-6-5-7-13-39)46-20-17-42(46)31-58-34-51(23-10-15-40-29-43(53)19-21-45(40)51)36-63-48-22-18-41(30-47(48)58)50(60)54-64(4,61)38(37)2;1-36-10-8-23-51(62-3,34-54-24-25-55-26-27-56(32-43(55)31-54)48(58)15-7-13-38-11-5-4-6-12-38)45-19-16-41(45)30-57-33-50(22-9-14-39-28-42(52)18-20-44(39)50)35-63-47-21-17-40(29-46(47)57)49(59)53-64(60,61)37(36)2/h5-7,9,12-13,18-19,21-22,24,29-30,37-38,42,44,46H,4,8,10-11,14-17,20,23,25-28,31-36H2,1-3H3,(H,54,60,61);4-6,8,11-12,17-18,20-21,23,28-29,36-37,41,43,45H,7,9-10,13-16,19,22,24-27,30-35H2,1-3H3,(H,53,59)/b24-9+;23-8+/t37-,38+,42-,44-,46+,51-,52+,64?;36-,37+,41-,43+,45+,50-,51+/m00/s1. The van der Waals surface area contributed by atoms with E-state index in [0.717, 1.165) is 222 Å². The minimum Gasteiger partial charge on any atom is -0.490 e. The molecule has 4 amide bonds. The van der Waals surface area contributed by atoms with Gasteiger partial charge in [-0.25, -0.2) is 17.3 Å². The summed E-state index contributed by atoms with van der Waals surface area (Å²) >= 11 is 13.1. The monoisotopic (exact) mass is 1820 g/mol. The summed E-state index contributed by atoms with van der Waals surface area (Å²) in [4.78, 5) is 74.3. The van der Waals surface area contributed by atoms with Crippen LogP contribution in [0.1, 0.15) is 172 Å². The highest BCUT2D eigenvalue weighted by molar-refractivity contribution is 7.99. The van der Waals surface area contributed by atoms with Gasteiger partial charge in [0.2, 0.25) is 21.8 Å². The van der Waals surface area contributed by atoms with Gasteiger partial charge in [-0.2, -0.15) is 0 Å². The lowest BCUT2D eigenvalue weighted by atomic mass is 9.63. The number of aryl methyl sites for hydroxylation is 4. The number of sulfonamides is 1. The Morgan fingerprint density at radius 3 is 1.39 bits per heavy atom. The predicted molar refractivity (Wildman–Crippen MR) is 512 cm³/mol. The van der Waals surface area contributed by atoms with Crippen LogP contribution < -0.4 is 28.7 Å². The molecule has 0 aromatic heterocycles. The van der Waals surface area contributed by atoms with E-state index in [1.165, 1.54) is 33.4 Å². The molecule has 688 valence electrons. The Kier molecular flexibility index (Phi) is 28.2. The number of anilines is 2. The fourth-order valence-corrected chi connectivity index (χ4v) is 26.8. The maximum absolute atomic E-state index is 14.2. The molecule has 6 aromatic carbocycles. The Balaban J connectivity index is 0.000000180. The van der Waals surface area contributed by atoms with Crippen LogP contribution in [0.4, 0.5) is 11.4 Å². The number of piperazine rings is 4. The van der Waals surface area contributed by atoms with Crippen molar-refractivity contribution in [2.75, 3.05) is 155 Å². The van der Waals surface area contributed by atoms with E-state index >= 15 is 0 Å². The molecule has 2 N–H and O–H groups in total. The first-order chi connectivity index (χ1) is 61.7. The van der Waals surface area contributed by atoms with Gasteiger partial charge in [-0.15, -0.1) is 0 Å². The van der Waals surface area contributed by atoms with Crippen molar-refractivity contribution in [2.24, 2.45) is 35.5 Å².